The van der Waals surface area contributed by atoms with Crippen LogP contribution in [-0.4, -0.2) is 94.9 Å². The molecule has 14 heteroatoms. The van der Waals surface area contributed by atoms with E-state index in [4.69, 9.17) is 20.3 Å². The summed E-state index contributed by atoms with van der Waals surface area (Å²) in [6.07, 6.45) is 0.813. The van der Waals surface area contributed by atoms with Gasteiger partial charge in [-0.15, -0.1) is 0 Å². The van der Waals surface area contributed by atoms with Crippen molar-refractivity contribution in [2.75, 3.05) is 26.3 Å². The summed E-state index contributed by atoms with van der Waals surface area (Å²) in [6.45, 7) is 6.57. The number of amides is 2. The van der Waals surface area contributed by atoms with Crippen LogP contribution in [0.3, 0.4) is 0 Å². The van der Waals surface area contributed by atoms with Gasteiger partial charge >= 0.3 is 6.09 Å². The summed E-state index contributed by atoms with van der Waals surface area (Å²) in [5.41, 5.74) is -0.786. The van der Waals surface area contributed by atoms with Crippen LogP contribution >= 0.6 is 0 Å². The second kappa shape index (κ2) is 9.45. The van der Waals surface area contributed by atoms with E-state index in [9.17, 15) is 19.8 Å². The molecule has 39 heavy (non-hydrogen) atoms. The van der Waals surface area contributed by atoms with Crippen molar-refractivity contribution in [1.29, 1.82) is 10.8 Å². The molecule has 4 atom stereocenters. The smallest absolute Gasteiger partial charge is 0.407 e. The van der Waals surface area contributed by atoms with E-state index in [0.29, 0.717) is 18.8 Å². The first kappa shape index (κ1) is 26.8. The van der Waals surface area contributed by atoms with Crippen LogP contribution < -0.4 is 31.3 Å². The van der Waals surface area contributed by atoms with Crippen molar-refractivity contribution in [3.05, 3.63) is 29.3 Å². The number of nitrogens with one attached hydrogen (secondary N) is 7. The predicted octanol–water partition coefficient (Wildman–Crippen LogP) is -0.923. The van der Waals surface area contributed by atoms with E-state index < -0.39 is 41.6 Å². The van der Waals surface area contributed by atoms with Crippen LogP contribution in [0.5, 0.6) is 5.75 Å². The Bertz CT molecular complexity index is 1210. The van der Waals surface area contributed by atoms with E-state index in [-0.39, 0.29) is 42.6 Å². The number of hydrogen-bond donors (Lipinski definition) is 9. The van der Waals surface area contributed by atoms with E-state index in [2.05, 4.69) is 40.4 Å². The highest BCUT2D eigenvalue weighted by atomic mass is 16.5. The number of benzene rings is 1. The van der Waals surface area contributed by atoms with Gasteiger partial charge in [0.2, 0.25) is 5.79 Å². The standard InChI is InChI=1S/C25H36N8O6/c1-4-9-39-22(35)28-11-15-18-24(32-20(26)31-18)25(36,37)16(12-33(24)21(27)29-15)30-19(34)13-6-5-7-14-17(13)38-10-8-23(14,2)3/h5-7,15-16,18,36-37H,4,8-12H2,1-3H3,(H2,27,29)(H,28,35)(H,30,34)(H3,26,31,32)/t15-,16-,18-,24-/m0/s1. The lowest BCUT2D eigenvalue weighted by Gasteiger charge is -2.51. The second-order valence-electron chi connectivity index (χ2n) is 11.0. The van der Waals surface area contributed by atoms with Gasteiger partial charge in [-0.2, -0.15) is 0 Å². The number of alkyl carbamates (subject to hydrolysis) is 1. The third-order valence-corrected chi connectivity index (χ3v) is 8.07. The lowest BCUT2D eigenvalue weighted by molar-refractivity contribution is -0.232. The summed E-state index contributed by atoms with van der Waals surface area (Å²) in [5.74, 6) is -3.06. The van der Waals surface area contributed by atoms with Gasteiger partial charge in [0.1, 0.15) is 11.8 Å². The molecule has 0 saturated carbocycles. The molecule has 14 nitrogen and oxygen atoms in total. The summed E-state index contributed by atoms with van der Waals surface area (Å²) in [7, 11) is 0. The third kappa shape index (κ3) is 4.18. The van der Waals surface area contributed by atoms with Crippen LogP contribution in [-0.2, 0) is 10.2 Å². The summed E-state index contributed by atoms with van der Waals surface area (Å²) >= 11 is 0. The number of carbonyl (C=O) groups is 2. The van der Waals surface area contributed by atoms with Gasteiger partial charge in [0.05, 0.1) is 30.9 Å². The summed E-state index contributed by atoms with van der Waals surface area (Å²) < 4.78 is 10.9. The molecular formula is C25H36N8O6. The molecule has 0 unspecified atom stereocenters. The molecule has 0 aromatic heterocycles. The van der Waals surface area contributed by atoms with Gasteiger partial charge in [-0.3, -0.25) is 15.6 Å². The maximum absolute atomic E-state index is 13.5. The van der Waals surface area contributed by atoms with Gasteiger partial charge in [-0.25, -0.2) is 4.79 Å². The van der Waals surface area contributed by atoms with Crippen LogP contribution in [0.4, 0.5) is 4.79 Å². The molecule has 3 saturated heterocycles. The van der Waals surface area contributed by atoms with E-state index in [1.54, 1.807) is 12.1 Å². The molecule has 0 radical (unpaired) electrons. The van der Waals surface area contributed by atoms with Gasteiger partial charge in [-0.05, 0) is 24.3 Å². The number of aliphatic hydroxyl groups is 2. The van der Waals surface area contributed by atoms with E-state index in [0.717, 1.165) is 12.0 Å². The number of guanidine groups is 2. The van der Waals surface area contributed by atoms with Crippen molar-refractivity contribution < 1.29 is 29.3 Å². The van der Waals surface area contributed by atoms with Crippen LogP contribution in [0.25, 0.3) is 0 Å². The molecule has 4 heterocycles. The minimum Gasteiger partial charge on any atom is -0.492 e. The fourth-order valence-corrected chi connectivity index (χ4v) is 5.97. The van der Waals surface area contributed by atoms with E-state index in [1.165, 1.54) is 4.90 Å². The molecule has 5 rings (SSSR count). The molecule has 4 aliphatic rings. The average Bonchev–Trinajstić information content (AvgIpc) is 3.35. The molecule has 2 amide bonds. The monoisotopic (exact) mass is 544 g/mol. The van der Waals surface area contributed by atoms with Crippen LogP contribution in [0.2, 0.25) is 0 Å². The maximum atomic E-state index is 13.5. The molecule has 1 spiro atoms. The highest BCUT2D eigenvalue weighted by molar-refractivity contribution is 5.98. The molecule has 4 aliphatic heterocycles. The number of para-hydroxylation sites is 1. The van der Waals surface area contributed by atoms with Crippen molar-refractivity contribution >= 4 is 23.9 Å². The second-order valence-corrected chi connectivity index (χ2v) is 11.0. The largest absolute Gasteiger partial charge is 0.492 e. The zero-order chi connectivity index (χ0) is 28.2. The number of ether oxygens (including phenoxy) is 2. The Balaban J connectivity index is 1.40. The molecule has 0 aliphatic carbocycles. The Morgan fingerprint density at radius 2 is 2.03 bits per heavy atom. The van der Waals surface area contributed by atoms with E-state index in [1.807, 2.05) is 13.0 Å². The molecule has 9 N–H and O–H groups in total. The zero-order valence-electron chi connectivity index (χ0n) is 22.2. The predicted molar refractivity (Wildman–Crippen MR) is 140 cm³/mol. The quantitative estimate of drug-likeness (QED) is 0.201. The van der Waals surface area contributed by atoms with Crippen LogP contribution in [0, 0.1) is 10.8 Å². The third-order valence-electron chi connectivity index (χ3n) is 8.07. The highest BCUT2D eigenvalue weighted by Crippen LogP contribution is 2.44. The summed E-state index contributed by atoms with van der Waals surface area (Å²) in [5, 5.41) is 54.1. The van der Waals surface area contributed by atoms with Crippen LogP contribution in [0.15, 0.2) is 18.2 Å². The van der Waals surface area contributed by atoms with Crippen molar-refractivity contribution in [3.63, 3.8) is 0 Å². The Morgan fingerprint density at radius 1 is 1.26 bits per heavy atom. The molecule has 0 bridgehead atoms. The molecule has 1 aromatic rings. The van der Waals surface area contributed by atoms with Gasteiger partial charge in [0, 0.05) is 18.7 Å². The SMILES string of the molecule is CCCOC(=O)NC[C@@H]1NC(=N)N2C[C@H](NC(=O)c3cccc4c3OCCC4(C)C)C(O)(O)[C@@]23NC(=N)N[C@@H]13. The van der Waals surface area contributed by atoms with Crippen molar-refractivity contribution in [1.82, 2.24) is 31.5 Å². The molecule has 3 fully saturated rings. The Morgan fingerprint density at radius 3 is 2.77 bits per heavy atom. The molecular weight excluding hydrogens is 508 g/mol. The number of nitrogens with zero attached hydrogens (tertiary/aromatic N) is 1. The zero-order valence-corrected chi connectivity index (χ0v) is 22.2. The first-order valence-corrected chi connectivity index (χ1v) is 13.1. The van der Waals surface area contributed by atoms with Gasteiger partial charge < -0.3 is 51.2 Å². The topological polar surface area (TPSA) is 204 Å². The lowest BCUT2D eigenvalue weighted by atomic mass is 9.79. The van der Waals surface area contributed by atoms with Crippen molar-refractivity contribution in [3.8, 4) is 5.75 Å². The minimum atomic E-state index is -2.63. The van der Waals surface area contributed by atoms with Gasteiger partial charge in [0.25, 0.3) is 5.91 Å². The summed E-state index contributed by atoms with van der Waals surface area (Å²) in [4.78, 5) is 26.9. The number of carbonyl (C=O) groups excluding carboxylic acids is 2. The normalized spacial score (nSPS) is 29.5. The van der Waals surface area contributed by atoms with Crippen molar-refractivity contribution in [2.24, 2.45) is 0 Å². The Labute approximate surface area is 225 Å². The van der Waals surface area contributed by atoms with Crippen LogP contribution in [0.1, 0.15) is 49.5 Å². The number of hydrogen-bond acceptors (Lipinski definition) is 8. The first-order chi connectivity index (χ1) is 18.4. The van der Waals surface area contributed by atoms with Gasteiger partial charge in [0.15, 0.2) is 17.6 Å². The Kier molecular flexibility index (Phi) is 6.50. The minimum absolute atomic E-state index is 0.0243. The lowest BCUT2D eigenvalue weighted by Crippen LogP contribution is -2.81. The number of fused-ring (bicyclic) bond motifs is 1. The first-order valence-electron chi connectivity index (χ1n) is 13.1. The molecule has 212 valence electrons. The van der Waals surface area contributed by atoms with Crippen molar-refractivity contribution in [2.45, 2.75) is 68.6 Å². The van der Waals surface area contributed by atoms with E-state index >= 15 is 0 Å². The fourth-order valence-electron chi connectivity index (χ4n) is 5.97. The number of rotatable bonds is 6. The summed E-state index contributed by atoms with van der Waals surface area (Å²) in [6, 6.07) is 2.48. The maximum Gasteiger partial charge on any atom is 0.407 e. The van der Waals surface area contributed by atoms with Gasteiger partial charge in [-0.1, -0.05) is 32.9 Å². The fraction of sp³-hybridized carbons (Fsp3) is 0.600. The average molecular weight is 545 g/mol. The highest BCUT2D eigenvalue weighted by Gasteiger charge is 2.74. The molecule has 1 aromatic carbocycles. The Hall–Kier alpha value is -3.78.